The Hall–Kier alpha value is -2.40. The van der Waals surface area contributed by atoms with Gasteiger partial charge in [-0.2, -0.15) is 0 Å². The van der Waals surface area contributed by atoms with Crippen molar-refractivity contribution >= 4 is 5.91 Å². The van der Waals surface area contributed by atoms with Gasteiger partial charge in [-0.25, -0.2) is 4.39 Å². The molecule has 0 saturated heterocycles. The van der Waals surface area contributed by atoms with Crippen LogP contribution in [0.5, 0.6) is 5.75 Å². The van der Waals surface area contributed by atoms with Crippen molar-refractivity contribution in [2.24, 2.45) is 11.7 Å². The van der Waals surface area contributed by atoms with E-state index in [1.807, 2.05) is 24.3 Å². The van der Waals surface area contributed by atoms with Crippen LogP contribution in [0.1, 0.15) is 23.2 Å². The second kappa shape index (κ2) is 7.01. The fourth-order valence-electron chi connectivity index (χ4n) is 2.66. The minimum Gasteiger partial charge on any atom is -0.497 e. The molecule has 2 aromatic rings. The number of ether oxygens (including phenoxy) is 1. The topological polar surface area (TPSA) is 64.3 Å². The molecule has 0 spiro atoms. The third kappa shape index (κ3) is 3.74. The van der Waals surface area contributed by atoms with Gasteiger partial charge in [0.1, 0.15) is 11.6 Å². The lowest BCUT2D eigenvalue weighted by Gasteiger charge is -2.12. The van der Waals surface area contributed by atoms with Gasteiger partial charge >= 0.3 is 0 Å². The number of rotatable bonds is 6. The van der Waals surface area contributed by atoms with Crippen molar-refractivity contribution in [3.8, 4) is 16.9 Å². The summed E-state index contributed by atoms with van der Waals surface area (Å²) in [5.74, 6) is 0.264. The Kier molecular flexibility index (Phi) is 4.81. The van der Waals surface area contributed by atoms with Gasteiger partial charge in [0, 0.05) is 12.6 Å². The maximum atomic E-state index is 14.3. The average molecular weight is 328 g/mol. The summed E-state index contributed by atoms with van der Waals surface area (Å²) in [6.45, 7) is 0.378. The smallest absolute Gasteiger partial charge is 0.254 e. The Morgan fingerprint density at radius 3 is 2.50 bits per heavy atom. The predicted molar refractivity (Wildman–Crippen MR) is 91.4 cm³/mol. The maximum Gasteiger partial charge on any atom is 0.254 e. The summed E-state index contributed by atoms with van der Waals surface area (Å²) in [5.41, 5.74) is 7.55. The highest BCUT2D eigenvalue weighted by Crippen LogP contribution is 2.31. The van der Waals surface area contributed by atoms with E-state index in [0.717, 1.165) is 24.2 Å². The van der Waals surface area contributed by atoms with Crippen LogP contribution in [0.4, 0.5) is 4.39 Å². The van der Waals surface area contributed by atoms with Crippen LogP contribution in [0.25, 0.3) is 11.1 Å². The van der Waals surface area contributed by atoms with Gasteiger partial charge in [0.15, 0.2) is 0 Å². The molecule has 1 saturated carbocycles. The molecule has 1 aliphatic rings. The molecule has 0 bridgehead atoms. The van der Waals surface area contributed by atoms with E-state index in [4.69, 9.17) is 10.5 Å². The summed E-state index contributed by atoms with van der Waals surface area (Å²) in [5, 5.41) is 2.71. The first-order chi connectivity index (χ1) is 11.6. The monoisotopic (exact) mass is 328 g/mol. The third-order valence-electron chi connectivity index (χ3n) is 4.36. The number of halogens is 1. The number of nitrogens with two attached hydrogens (primary N) is 1. The lowest BCUT2D eigenvalue weighted by Crippen LogP contribution is -2.38. The number of methoxy groups -OCH3 is 1. The van der Waals surface area contributed by atoms with Crippen molar-refractivity contribution in [2.75, 3.05) is 13.7 Å². The highest BCUT2D eigenvalue weighted by Gasteiger charge is 2.28. The number of hydrogen-bond acceptors (Lipinski definition) is 3. The van der Waals surface area contributed by atoms with Crippen LogP contribution in [0.3, 0.4) is 0 Å². The maximum absolute atomic E-state index is 14.3. The molecule has 0 aliphatic heterocycles. The van der Waals surface area contributed by atoms with E-state index in [1.54, 1.807) is 13.2 Å². The van der Waals surface area contributed by atoms with Gasteiger partial charge < -0.3 is 15.8 Å². The van der Waals surface area contributed by atoms with Crippen LogP contribution in [0, 0.1) is 11.7 Å². The van der Waals surface area contributed by atoms with E-state index in [2.05, 4.69) is 5.32 Å². The van der Waals surface area contributed by atoms with Gasteiger partial charge in [-0.1, -0.05) is 18.2 Å². The molecule has 0 heterocycles. The molecule has 2 aromatic carbocycles. The van der Waals surface area contributed by atoms with E-state index >= 15 is 0 Å². The van der Waals surface area contributed by atoms with Gasteiger partial charge in [0.05, 0.1) is 12.7 Å². The van der Waals surface area contributed by atoms with Crippen molar-refractivity contribution < 1.29 is 13.9 Å². The quantitative estimate of drug-likeness (QED) is 0.857. The fourth-order valence-corrected chi connectivity index (χ4v) is 2.66. The Labute approximate surface area is 140 Å². The van der Waals surface area contributed by atoms with Gasteiger partial charge in [0.2, 0.25) is 0 Å². The summed E-state index contributed by atoms with van der Waals surface area (Å²) in [7, 11) is 1.59. The average Bonchev–Trinajstić information content (AvgIpc) is 3.44. The molecular weight excluding hydrogens is 307 g/mol. The second-order valence-corrected chi connectivity index (χ2v) is 6.13. The highest BCUT2D eigenvalue weighted by molar-refractivity contribution is 5.95. The molecule has 1 atom stereocenters. The van der Waals surface area contributed by atoms with Crippen LogP contribution in [0.15, 0.2) is 42.5 Å². The minimum absolute atomic E-state index is 0.0373. The predicted octanol–water partition coefficient (Wildman–Crippen LogP) is 2.97. The molecule has 1 fully saturated rings. The summed E-state index contributed by atoms with van der Waals surface area (Å²) >= 11 is 0. The molecule has 126 valence electrons. The number of carbonyl (C=O) groups excluding carboxylic acids is 1. The Morgan fingerprint density at radius 1 is 1.25 bits per heavy atom. The number of benzene rings is 2. The largest absolute Gasteiger partial charge is 0.497 e. The Morgan fingerprint density at radius 2 is 1.92 bits per heavy atom. The molecular formula is C19H21FN2O2. The summed E-state index contributed by atoms with van der Waals surface area (Å²) in [6.07, 6.45) is 2.23. The molecule has 5 heteroatoms. The third-order valence-corrected chi connectivity index (χ3v) is 4.36. The first kappa shape index (κ1) is 16.5. The summed E-state index contributed by atoms with van der Waals surface area (Å²) < 4.78 is 19.4. The highest BCUT2D eigenvalue weighted by atomic mass is 19.1. The van der Waals surface area contributed by atoms with Crippen molar-refractivity contribution in [1.29, 1.82) is 0 Å². The van der Waals surface area contributed by atoms with Gasteiger partial charge in [-0.3, -0.25) is 4.79 Å². The summed E-state index contributed by atoms with van der Waals surface area (Å²) in [6, 6.07) is 11.9. The second-order valence-electron chi connectivity index (χ2n) is 6.13. The van der Waals surface area contributed by atoms with Gasteiger partial charge in [-0.05, 0) is 54.2 Å². The van der Waals surface area contributed by atoms with Gasteiger partial charge in [-0.15, -0.1) is 0 Å². The lowest BCUT2D eigenvalue weighted by atomic mass is 10.0. The zero-order valence-corrected chi connectivity index (χ0v) is 13.6. The zero-order valence-electron chi connectivity index (χ0n) is 13.6. The molecule has 1 aliphatic carbocycles. The normalized spacial score (nSPS) is 15.0. The fraction of sp³-hybridized carbons (Fsp3) is 0.316. The standard InChI is InChI=1S/C19H21FN2O2/c1-24-15-7-4-12(5-8-15)14-6-9-16(17(20)10-14)19(23)22-11-18(21)13-2-3-13/h4-10,13,18H,2-3,11,21H2,1H3,(H,22,23). The molecule has 4 nitrogen and oxygen atoms in total. The lowest BCUT2D eigenvalue weighted by molar-refractivity contribution is 0.0946. The number of amides is 1. The molecule has 24 heavy (non-hydrogen) atoms. The SMILES string of the molecule is COc1ccc(-c2ccc(C(=O)NCC(N)C3CC3)c(F)c2)cc1. The van der Waals surface area contributed by atoms with Crippen molar-refractivity contribution in [2.45, 2.75) is 18.9 Å². The molecule has 3 rings (SSSR count). The molecule has 0 aromatic heterocycles. The van der Waals surface area contributed by atoms with Crippen LogP contribution in [0.2, 0.25) is 0 Å². The number of carbonyl (C=O) groups is 1. The first-order valence-corrected chi connectivity index (χ1v) is 8.06. The van der Waals surface area contributed by atoms with E-state index in [1.165, 1.54) is 12.1 Å². The van der Waals surface area contributed by atoms with E-state index in [9.17, 15) is 9.18 Å². The van der Waals surface area contributed by atoms with Crippen LogP contribution in [-0.4, -0.2) is 25.6 Å². The van der Waals surface area contributed by atoms with Crippen LogP contribution in [-0.2, 0) is 0 Å². The van der Waals surface area contributed by atoms with Crippen LogP contribution >= 0.6 is 0 Å². The molecule has 1 unspecified atom stereocenters. The number of hydrogen-bond donors (Lipinski definition) is 2. The van der Waals surface area contributed by atoms with Crippen LogP contribution < -0.4 is 15.8 Å². The molecule has 1 amide bonds. The van der Waals surface area contributed by atoms with E-state index in [-0.39, 0.29) is 11.6 Å². The summed E-state index contributed by atoms with van der Waals surface area (Å²) in [4.78, 5) is 12.1. The zero-order chi connectivity index (χ0) is 17.1. The van der Waals surface area contributed by atoms with Crippen molar-refractivity contribution in [3.05, 3.63) is 53.8 Å². The minimum atomic E-state index is -0.541. The molecule has 0 radical (unpaired) electrons. The molecule has 3 N–H and O–H groups in total. The van der Waals surface area contributed by atoms with Gasteiger partial charge in [0.25, 0.3) is 5.91 Å². The van der Waals surface area contributed by atoms with Crippen molar-refractivity contribution in [1.82, 2.24) is 5.32 Å². The Balaban J connectivity index is 1.70. The first-order valence-electron chi connectivity index (χ1n) is 8.06. The van der Waals surface area contributed by atoms with E-state index < -0.39 is 11.7 Å². The van der Waals surface area contributed by atoms with Crippen molar-refractivity contribution in [3.63, 3.8) is 0 Å². The Bertz CT molecular complexity index is 727. The number of nitrogens with one attached hydrogen (secondary N) is 1. The van der Waals surface area contributed by atoms with E-state index in [0.29, 0.717) is 18.0 Å².